The van der Waals surface area contributed by atoms with Gasteiger partial charge in [-0.05, 0) is 24.3 Å². The van der Waals surface area contributed by atoms with E-state index in [4.69, 9.17) is 9.47 Å². The van der Waals surface area contributed by atoms with Crippen LogP contribution in [-0.2, 0) is 47.8 Å². The first-order chi connectivity index (χ1) is 26.8. The minimum absolute atomic E-state index is 0. The molecule has 0 spiro atoms. The number of carboxylic acids is 2. The first kappa shape index (κ1) is 49.3. The molecule has 0 aliphatic carbocycles. The maximum atomic E-state index is 12.5. The Morgan fingerprint density at radius 3 is 1.34 bits per heavy atom. The molecule has 0 saturated carbocycles. The number of aromatic nitrogens is 2. The number of esters is 2. The van der Waals surface area contributed by atoms with Crippen LogP contribution < -0.4 is 80.0 Å². The molecule has 4 aliphatic heterocycles. The van der Waals surface area contributed by atoms with Crippen molar-refractivity contribution in [2.75, 3.05) is 36.2 Å². The van der Waals surface area contributed by atoms with Gasteiger partial charge in [0.1, 0.15) is 36.0 Å². The molecule has 2 fully saturated rings. The molecule has 0 radical (unpaired) electrons. The Morgan fingerprint density at radius 1 is 0.690 bits per heavy atom. The van der Waals surface area contributed by atoms with Gasteiger partial charge < -0.3 is 39.9 Å². The number of β-lactam (4-membered cyclic amide) rings is 2. The number of hydrogen-bond acceptors (Lipinski definition) is 18. The number of aliphatic carboxylic acids is 2. The van der Waals surface area contributed by atoms with E-state index in [2.05, 4.69) is 20.6 Å². The van der Waals surface area contributed by atoms with Crippen molar-refractivity contribution < 1.29 is 117 Å². The molecule has 2 aromatic heterocycles. The van der Waals surface area contributed by atoms with Gasteiger partial charge in [0.15, 0.2) is 0 Å². The predicted molar refractivity (Wildman–Crippen MR) is 197 cm³/mol. The van der Waals surface area contributed by atoms with Gasteiger partial charge in [0.25, 0.3) is 11.8 Å². The van der Waals surface area contributed by atoms with Gasteiger partial charge in [-0.15, -0.1) is 47.0 Å². The second-order valence-electron chi connectivity index (χ2n) is 11.9. The zero-order chi connectivity index (χ0) is 40.5. The summed E-state index contributed by atoms with van der Waals surface area (Å²) >= 11 is 5.20. The first-order valence-electron chi connectivity index (χ1n) is 16.4. The third-order valence-electron chi connectivity index (χ3n) is 8.05. The molecule has 0 bridgehead atoms. The van der Waals surface area contributed by atoms with Crippen molar-refractivity contribution >= 4 is 94.6 Å². The number of carboxylic acid groups (broad SMARTS) is 2. The number of nitrogens with zero attached hydrogens (tertiary/aromatic N) is 4. The van der Waals surface area contributed by atoms with Gasteiger partial charge in [-0.1, -0.05) is 0 Å². The second kappa shape index (κ2) is 23.1. The number of hydrogen-bond donors (Lipinski definition) is 2. The Bertz CT molecular complexity index is 1840. The SMILES string of the molecule is CC(=O)OCC1=C(C(=O)[O-])N2C(=O)[C@@H](NC(=O)CSc3ccncc3)[C@H]2SC1.CC(=O)OCC1=C(C(=O)[O-])N2C(=O)[C@@H](NC(=O)CSc3ccncc3)[C@H]2SC1.[Na+].[Na+]. The summed E-state index contributed by atoms with van der Waals surface area (Å²) in [6.07, 6.45) is 6.47. The van der Waals surface area contributed by atoms with E-state index in [1.54, 1.807) is 49.1 Å². The van der Waals surface area contributed by atoms with E-state index < -0.39 is 58.5 Å². The van der Waals surface area contributed by atoms with Crippen molar-refractivity contribution in [2.45, 2.75) is 46.5 Å². The maximum absolute atomic E-state index is 12.5. The van der Waals surface area contributed by atoms with Crippen molar-refractivity contribution in [2.24, 2.45) is 0 Å². The molecule has 4 amide bonds. The number of ether oxygens (including phenoxy) is 2. The molecule has 0 aromatic carbocycles. The van der Waals surface area contributed by atoms with Crippen LogP contribution in [0.4, 0.5) is 0 Å². The van der Waals surface area contributed by atoms with Crippen LogP contribution in [0.3, 0.4) is 0 Å². The second-order valence-corrected chi connectivity index (χ2v) is 16.2. The summed E-state index contributed by atoms with van der Waals surface area (Å²) in [6.45, 7) is 1.98. The molecule has 4 aliphatic rings. The van der Waals surface area contributed by atoms with E-state index in [0.29, 0.717) is 11.1 Å². The van der Waals surface area contributed by atoms with Crippen molar-refractivity contribution in [1.29, 1.82) is 0 Å². The third-order valence-corrected chi connectivity index (χ3v) is 12.8. The summed E-state index contributed by atoms with van der Waals surface area (Å²) < 4.78 is 9.71. The van der Waals surface area contributed by atoms with Gasteiger partial charge in [0, 0.05) is 71.1 Å². The van der Waals surface area contributed by atoms with Crippen LogP contribution in [0.1, 0.15) is 13.8 Å². The molecule has 18 nitrogen and oxygen atoms in total. The fraction of sp³-hybridized carbons (Fsp3) is 0.353. The molecule has 2 N–H and O–H groups in total. The third kappa shape index (κ3) is 12.5. The number of rotatable bonds is 14. The Morgan fingerprint density at radius 2 is 1.03 bits per heavy atom. The number of fused-ring (bicyclic) bond motifs is 2. The van der Waals surface area contributed by atoms with Crippen LogP contribution in [0.5, 0.6) is 0 Å². The standard InChI is InChI=1S/2C17H17N3O6S2.2Na/c2*1-9(21)26-6-10-7-28-16-13(15(23)20(16)14(10)17(24)25)19-12(22)8-27-11-2-4-18-5-3-11;;/h2*2-5,13,16H,6-8H2,1H3,(H,19,22)(H,24,25);;/q;;2*+1/p-2/t2*13-,16-;;/m11../s1. The predicted octanol–water partition coefficient (Wildman–Crippen LogP) is -7.71. The van der Waals surface area contributed by atoms with Crippen LogP contribution in [0, 0.1) is 0 Å². The van der Waals surface area contributed by atoms with Crippen LogP contribution in [0.15, 0.2) is 81.4 Å². The molecule has 296 valence electrons. The van der Waals surface area contributed by atoms with Gasteiger partial charge in [0.2, 0.25) is 11.8 Å². The van der Waals surface area contributed by atoms with Crippen LogP contribution >= 0.6 is 47.0 Å². The average Bonchev–Trinajstić information content (AvgIpc) is 3.18. The molecular formula is C34H32N6Na2O12S4. The van der Waals surface area contributed by atoms with E-state index in [0.717, 1.165) is 19.6 Å². The monoisotopic (exact) mass is 890 g/mol. The quantitative estimate of drug-likeness (QED) is 0.0773. The molecule has 6 rings (SSSR count). The molecule has 24 heteroatoms. The van der Waals surface area contributed by atoms with Gasteiger partial charge in [-0.3, -0.25) is 48.5 Å². The number of nitrogens with one attached hydrogen (secondary N) is 2. The van der Waals surface area contributed by atoms with Crippen LogP contribution in [0.2, 0.25) is 0 Å². The zero-order valence-electron chi connectivity index (χ0n) is 31.5. The smallest absolute Gasteiger partial charge is 0.543 e. The average molecular weight is 891 g/mol. The summed E-state index contributed by atoms with van der Waals surface area (Å²) in [7, 11) is 0. The Labute approximate surface area is 392 Å². The molecule has 2 saturated heterocycles. The minimum Gasteiger partial charge on any atom is -0.543 e. The van der Waals surface area contributed by atoms with Gasteiger partial charge >= 0.3 is 71.1 Å². The number of pyridine rings is 2. The fourth-order valence-electron chi connectivity index (χ4n) is 5.54. The van der Waals surface area contributed by atoms with Crippen LogP contribution in [-0.4, -0.2) is 126 Å². The largest absolute Gasteiger partial charge is 1.00 e. The maximum Gasteiger partial charge on any atom is 1.00 e. The van der Waals surface area contributed by atoms with Crippen molar-refractivity contribution in [3.05, 3.63) is 71.6 Å². The Balaban J connectivity index is 0.000000300. The van der Waals surface area contributed by atoms with E-state index in [1.807, 2.05) is 0 Å². The minimum atomic E-state index is -1.51. The van der Waals surface area contributed by atoms with E-state index >= 15 is 0 Å². The summed E-state index contributed by atoms with van der Waals surface area (Å²) in [5.41, 5.74) is 0.0176. The summed E-state index contributed by atoms with van der Waals surface area (Å²) in [4.78, 5) is 106. The Kier molecular flexibility index (Phi) is 19.6. The molecule has 0 unspecified atom stereocenters. The van der Waals surface area contributed by atoms with Gasteiger partial charge in [-0.2, -0.15) is 0 Å². The number of amides is 4. The molecule has 58 heavy (non-hydrogen) atoms. The summed E-state index contributed by atoms with van der Waals surface area (Å²) in [5.74, 6) is -5.11. The zero-order valence-corrected chi connectivity index (χ0v) is 38.8. The molecule has 4 atom stereocenters. The number of carbonyl (C=O) groups excluding carboxylic acids is 8. The first-order valence-corrected chi connectivity index (χ1v) is 20.5. The van der Waals surface area contributed by atoms with E-state index in [9.17, 15) is 48.6 Å². The van der Waals surface area contributed by atoms with Crippen LogP contribution in [0.25, 0.3) is 0 Å². The molecular weight excluding hydrogens is 859 g/mol. The van der Waals surface area contributed by atoms with Crippen molar-refractivity contribution in [1.82, 2.24) is 30.4 Å². The van der Waals surface area contributed by atoms with E-state index in [-0.39, 0.29) is 119 Å². The van der Waals surface area contributed by atoms with Crippen molar-refractivity contribution in [3.63, 3.8) is 0 Å². The van der Waals surface area contributed by atoms with E-state index in [1.165, 1.54) is 60.9 Å². The fourth-order valence-corrected chi connectivity index (χ4v) is 9.58. The normalized spacial score (nSPS) is 20.2. The number of thioether (sulfide) groups is 4. The Hall–Kier alpha value is -3.06. The molecule has 2 aromatic rings. The summed E-state index contributed by atoms with van der Waals surface area (Å²) in [5, 5.41) is 27.3. The molecule has 6 heterocycles. The summed E-state index contributed by atoms with van der Waals surface area (Å²) in [6, 6.07) is 5.47. The number of carbonyl (C=O) groups is 8. The topological polar surface area (TPSA) is 257 Å². The van der Waals surface area contributed by atoms with Crippen molar-refractivity contribution in [3.8, 4) is 0 Å². The van der Waals surface area contributed by atoms with Gasteiger partial charge in [0.05, 0.1) is 34.8 Å². The van der Waals surface area contributed by atoms with Gasteiger partial charge in [-0.25, -0.2) is 0 Å².